The molecule has 0 aliphatic carbocycles. The van der Waals surface area contributed by atoms with Gasteiger partial charge in [-0.2, -0.15) is 0 Å². The Balaban J connectivity index is 2.19. The summed E-state index contributed by atoms with van der Waals surface area (Å²) in [5.41, 5.74) is -1.05. The fraction of sp³-hybridized carbons (Fsp3) is 0.125. The fourth-order valence-corrected chi connectivity index (χ4v) is 8.07. The minimum Gasteiger partial charge on any atom is -0.386 e. The lowest BCUT2D eigenvalue weighted by molar-refractivity contribution is 0.492. The van der Waals surface area contributed by atoms with Crippen molar-refractivity contribution in [3.8, 4) is 0 Å². The minimum atomic E-state index is -0.525. The van der Waals surface area contributed by atoms with Crippen molar-refractivity contribution in [3.63, 3.8) is 0 Å². The van der Waals surface area contributed by atoms with Gasteiger partial charge in [-0.25, -0.2) is 9.59 Å². The molecular weight excluding hydrogens is 368 g/mol. The summed E-state index contributed by atoms with van der Waals surface area (Å²) in [5, 5.41) is 1.11. The van der Waals surface area contributed by atoms with Gasteiger partial charge in [0.15, 0.2) is 0 Å². The Labute approximate surface area is 145 Å². The molecule has 5 aromatic heterocycles. The van der Waals surface area contributed by atoms with Crippen molar-refractivity contribution in [2.24, 2.45) is 0 Å². The SMILES string of the molecule is Cc1cc2sc3c4sc5cc(C)sc5c4c(=O)oc(=O)c3c2s1. The van der Waals surface area contributed by atoms with Gasteiger partial charge in [0.05, 0.1) is 29.6 Å². The summed E-state index contributed by atoms with van der Waals surface area (Å²) in [4.78, 5) is 27.3. The molecular formula is C16H8O3S4. The monoisotopic (exact) mass is 376 g/mol. The standard InChI is InChI=1S/C16H8O3S4/c1-5-3-7-11(20-5)9-13(22-7)14-10(16(18)19-15(9)17)12-8(23-14)4-6(2)21-12/h3-4H,1-2H3. The second kappa shape index (κ2) is 4.51. The molecule has 5 aromatic rings. The van der Waals surface area contributed by atoms with E-state index in [0.717, 1.165) is 38.0 Å². The lowest BCUT2D eigenvalue weighted by atomic mass is 10.3. The van der Waals surface area contributed by atoms with E-state index in [1.165, 1.54) is 0 Å². The summed E-state index contributed by atoms with van der Waals surface area (Å²) in [6.07, 6.45) is 0. The molecule has 0 fully saturated rings. The first-order valence-electron chi connectivity index (χ1n) is 6.85. The largest absolute Gasteiger partial charge is 0.386 e. The molecule has 23 heavy (non-hydrogen) atoms. The molecule has 0 saturated carbocycles. The predicted octanol–water partition coefficient (Wildman–Crippen LogP) is 5.48. The molecule has 0 radical (unpaired) electrons. The average Bonchev–Trinajstić information content (AvgIpc) is 3.13. The molecule has 0 bridgehead atoms. The van der Waals surface area contributed by atoms with Crippen molar-refractivity contribution in [3.05, 3.63) is 42.7 Å². The third kappa shape index (κ3) is 1.79. The highest BCUT2D eigenvalue weighted by Gasteiger charge is 2.20. The molecule has 5 rings (SSSR count). The zero-order valence-corrected chi connectivity index (χ0v) is 15.3. The maximum atomic E-state index is 12.5. The zero-order valence-electron chi connectivity index (χ0n) is 12.0. The summed E-state index contributed by atoms with van der Waals surface area (Å²) < 4.78 is 11.0. The van der Waals surface area contributed by atoms with Crippen molar-refractivity contribution < 1.29 is 4.42 Å². The van der Waals surface area contributed by atoms with Crippen LogP contribution in [0.1, 0.15) is 9.75 Å². The number of thiophene rings is 4. The van der Waals surface area contributed by atoms with Crippen molar-refractivity contribution >= 4 is 84.3 Å². The van der Waals surface area contributed by atoms with Crippen LogP contribution in [0.2, 0.25) is 0 Å². The van der Waals surface area contributed by atoms with Crippen LogP contribution < -0.4 is 11.3 Å². The van der Waals surface area contributed by atoms with E-state index < -0.39 is 11.3 Å². The summed E-state index contributed by atoms with van der Waals surface area (Å²) in [7, 11) is 0. The van der Waals surface area contributed by atoms with Crippen molar-refractivity contribution in [2.75, 3.05) is 0 Å². The van der Waals surface area contributed by atoms with Gasteiger partial charge in [0.25, 0.3) is 0 Å². The van der Waals surface area contributed by atoms with Gasteiger partial charge in [0.1, 0.15) is 0 Å². The van der Waals surface area contributed by atoms with E-state index >= 15 is 0 Å². The Bertz CT molecular complexity index is 1270. The van der Waals surface area contributed by atoms with Gasteiger partial charge in [-0.15, -0.1) is 45.3 Å². The second-order valence-electron chi connectivity index (χ2n) is 5.39. The summed E-state index contributed by atoms with van der Waals surface area (Å²) in [6, 6.07) is 4.18. The number of hydrogen-bond donors (Lipinski definition) is 0. The van der Waals surface area contributed by atoms with E-state index in [9.17, 15) is 9.59 Å². The number of aryl methyl sites for hydroxylation is 2. The number of fused-ring (bicyclic) bond motifs is 7. The van der Waals surface area contributed by atoms with Crippen molar-refractivity contribution in [2.45, 2.75) is 13.8 Å². The van der Waals surface area contributed by atoms with Gasteiger partial charge in [-0.3, -0.25) is 0 Å². The van der Waals surface area contributed by atoms with Crippen LogP contribution in [-0.4, -0.2) is 0 Å². The predicted molar refractivity (Wildman–Crippen MR) is 102 cm³/mol. The van der Waals surface area contributed by atoms with Gasteiger partial charge in [0, 0.05) is 19.2 Å². The van der Waals surface area contributed by atoms with Gasteiger partial charge >= 0.3 is 11.3 Å². The highest BCUT2D eigenvalue weighted by atomic mass is 32.1. The van der Waals surface area contributed by atoms with Crippen LogP contribution in [0.25, 0.3) is 39.0 Å². The highest BCUT2D eigenvalue weighted by Crippen LogP contribution is 2.45. The van der Waals surface area contributed by atoms with Crippen molar-refractivity contribution in [1.82, 2.24) is 0 Å². The maximum Gasteiger partial charge on any atom is 0.349 e. The van der Waals surface area contributed by atoms with Crippen LogP contribution in [0.15, 0.2) is 26.1 Å². The molecule has 0 aromatic carbocycles. The van der Waals surface area contributed by atoms with Gasteiger partial charge in [-0.1, -0.05) is 0 Å². The molecule has 3 nitrogen and oxygen atoms in total. The highest BCUT2D eigenvalue weighted by molar-refractivity contribution is 7.38. The van der Waals surface area contributed by atoms with E-state index in [4.69, 9.17) is 4.42 Å². The Hall–Kier alpha value is -1.54. The third-order valence-electron chi connectivity index (χ3n) is 3.77. The molecule has 0 atom stereocenters. The smallest absolute Gasteiger partial charge is 0.349 e. The Morgan fingerprint density at radius 2 is 1.13 bits per heavy atom. The fourth-order valence-electron chi connectivity index (χ4n) is 2.89. The molecule has 0 aliphatic rings. The van der Waals surface area contributed by atoms with Crippen LogP contribution in [0.5, 0.6) is 0 Å². The van der Waals surface area contributed by atoms with E-state index in [2.05, 4.69) is 12.1 Å². The summed E-state index contributed by atoms with van der Waals surface area (Å²) in [5.74, 6) is 0. The molecule has 7 heteroatoms. The average molecular weight is 377 g/mol. The lowest BCUT2D eigenvalue weighted by Crippen LogP contribution is -2.04. The first-order chi connectivity index (χ1) is 11.0. The molecule has 5 heterocycles. The Morgan fingerprint density at radius 1 is 0.696 bits per heavy atom. The minimum absolute atomic E-state index is 0.525. The van der Waals surface area contributed by atoms with E-state index in [1.54, 1.807) is 45.3 Å². The molecule has 0 N–H and O–H groups in total. The van der Waals surface area contributed by atoms with Crippen molar-refractivity contribution in [1.29, 1.82) is 0 Å². The molecule has 114 valence electrons. The van der Waals surface area contributed by atoms with E-state index in [0.29, 0.717) is 10.8 Å². The van der Waals surface area contributed by atoms with E-state index in [-0.39, 0.29) is 0 Å². The summed E-state index contributed by atoms with van der Waals surface area (Å²) in [6.45, 7) is 4.04. The first kappa shape index (κ1) is 13.9. The second-order valence-corrected chi connectivity index (χ2v) is 10.0. The van der Waals surface area contributed by atoms with Crippen LogP contribution in [-0.2, 0) is 0 Å². The topological polar surface area (TPSA) is 47.3 Å². The molecule has 0 unspecified atom stereocenters. The molecule has 0 amide bonds. The van der Waals surface area contributed by atoms with E-state index in [1.807, 2.05) is 13.8 Å². The maximum absolute atomic E-state index is 12.5. The normalized spacial score (nSPS) is 12.3. The van der Waals surface area contributed by atoms with Crippen LogP contribution >= 0.6 is 45.3 Å². The summed E-state index contributed by atoms with van der Waals surface area (Å²) >= 11 is 6.31. The van der Waals surface area contributed by atoms with Gasteiger partial charge < -0.3 is 4.42 Å². The lowest BCUT2D eigenvalue weighted by Gasteiger charge is -1.83. The zero-order chi connectivity index (χ0) is 15.9. The molecule has 0 spiro atoms. The quantitative estimate of drug-likeness (QED) is 0.360. The molecule has 0 saturated heterocycles. The van der Waals surface area contributed by atoms with Crippen LogP contribution in [0, 0.1) is 13.8 Å². The number of hydrogen-bond acceptors (Lipinski definition) is 7. The first-order valence-corrected chi connectivity index (χ1v) is 10.1. The Morgan fingerprint density at radius 3 is 1.57 bits per heavy atom. The Kier molecular flexibility index (Phi) is 2.72. The third-order valence-corrected chi connectivity index (χ3v) is 8.61. The molecule has 0 aliphatic heterocycles. The number of rotatable bonds is 0. The van der Waals surface area contributed by atoms with Crippen LogP contribution in [0.4, 0.5) is 0 Å². The van der Waals surface area contributed by atoms with Crippen LogP contribution in [0.3, 0.4) is 0 Å². The van der Waals surface area contributed by atoms with Gasteiger partial charge in [-0.05, 0) is 26.0 Å². The van der Waals surface area contributed by atoms with Gasteiger partial charge in [0.2, 0.25) is 0 Å².